The molecule has 4 rings (SSSR count). The van der Waals surface area contributed by atoms with E-state index < -0.39 is 18.3 Å². The van der Waals surface area contributed by atoms with Crippen molar-refractivity contribution in [2.45, 2.75) is 38.1 Å². The van der Waals surface area contributed by atoms with Gasteiger partial charge in [0, 0.05) is 0 Å². The zero-order valence-electron chi connectivity index (χ0n) is 20.9. The number of hydrogen-bond donors (Lipinski definition) is 1. The van der Waals surface area contributed by atoms with Crippen molar-refractivity contribution in [2.24, 2.45) is 0 Å². The zero-order valence-corrected chi connectivity index (χ0v) is 20.9. The Morgan fingerprint density at radius 3 is 1.46 bits per heavy atom. The number of hydrogen-bond acceptors (Lipinski definition) is 4. The fraction of sp³-hybridized carbons (Fsp3) is 0.212. The van der Waals surface area contributed by atoms with Crippen molar-refractivity contribution >= 4 is 6.08 Å². The van der Waals surface area contributed by atoms with E-state index in [-0.39, 0.29) is 6.61 Å². The predicted octanol–water partition coefficient (Wildman–Crippen LogP) is 6.45. The summed E-state index contributed by atoms with van der Waals surface area (Å²) in [5, 5.41) is 10.4. The molecule has 0 spiro atoms. The van der Waals surface area contributed by atoms with Crippen molar-refractivity contribution in [3.8, 4) is 0 Å². The maximum absolute atomic E-state index is 10.4. The van der Waals surface area contributed by atoms with Crippen LogP contribution in [0.15, 0.2) is 127 Å². The molecule has 0 aliphatic carbocycles. The standard InChI is InChI=1S/C33H34O4/c34-23-32(36-25-29-17-9-3-10-18-29)33(37-26-30-19-11-4-12-20-30)31(22-21-27-13-5-1-6-14-27)35-24-28-15-7-2-8-16-28/h1-22,31-34H,23-26H2/b22-21+/t31-,32-,33-/m1/s1. The summed E-state index contributed by atoms with van der Waals surface area (Å²) in [5.41, 5.74) is 4.20. The SMILES string of the molecule is OC[C@@H](OCc1ccccc1)[C@H](OCc1ccccc1)[C@@H](/C=C/c1ccccc1)OCc1ccccc1. The van der Waals surface area contributed by atoms with Gasteiger partial charge in [-0.3, -0.25) is 0 Å². The van der Waals surface area contributed by atoms with Gasteiger partial charge in [-0.25, -0.2) is 0 Å². The molecule has 0 unspecified atom stereocenters. The predicted molar refractivity (Wildman–Crippen MR) is 148 cm³/mol. The van der Waals surface area contributed by atoms with Crippen LogP contribution in [0.2, 0.25) is 0 Å². The van der Waals surface area contributed by atoms with Gasteiger partial charge in [0.05, 0.1) is 26.4 Å². The monoisotopic (exact) mass is 494 g/mol. The van der Waals surface area contributed by atoms with E-state index in [9.17, 15) is 5.11 Å². The molecule has 0 saturated heterocycles. The number of benzene rings is 4. The molecule has 4 heteroatoms. The first kappa shape index (κ1) is 26.5. The highest BCUT2D eigenvalue weighted by molar-refractivity contribution is 5.49. The lowest BCUT2D eigenvalue weighted by molar-refractivity contribution is -0.149. The Bertz CT molecular complexity index is 1160. The zero-order chi connectivity index (χ0) is 25.5. The third-order valence-electron chi connectivity index (χ3n) is 6.03. The Labute approximate surface area is 219 Å². The van der Waals surface area contributed by atoms with Crippen molar-refractivity contribution < 1.29 is 19.3 Å². The minimum Gasteiger partial charge on any atom is -0.394 e. The maximum Gasteiger partial charge on any atom is 0.116 e. The molecule has 4 nitrogen and oxygen atoms in total. The Morgan fingerprint density at radius 2 is 0.973 bits per heavy atom. The van der Waals surface area contributed by atoms with Crippen molar-refractivity contribution in [2.75, 3.05) is 6.61 Å². The topological polar surface area (TPSA) is 47.9 Å². The molecule has 0 fully saturated rings. The van der Waals surface area contributed by atoms with E-state index in [2.05, 4.69) is 0 Å². The molecule has 3 atom stereocenters. The van der Waals surface area contributed by atoms with Gasteiger partial charge in [0.2, 0.25) is 0 Å². The van der Waals surface area contributed by atoms with Gasteiger partial charge in [-0.05, 0) is 22.3 Å². The lowest BCUT2D eigenvalue weighted by Gasteiger charge is -2.31. The second-order valence-electron chi connectivity index (χ2n) is 8.81. The van der Waals surface area contributed by atoms with E-state index >= 15 is 0 Å². The molecule has 4 aromatic carbocycles. The summed E-state index contributed by atoms with van der Waals surface area (Å²) in [5.74, 6) is 0. The lowest BCUT2D eigenvalue weighted by Crippen LogP contribution is -2.43. The Morgan fingerprint density at radius 1 is 0.541 bits per heavy atom. The Kier molecular flexibility index (Phi) is 10.7. The van der Waals surface area contributed by atoms with Crippen molar-refractivity contribution in [1.82, 2.24) is 0 Å². The van der Waals surface area contributed by atoms with E-state index in [0.717, 1.165) is 22.3 Å². The van der Waals surface area contributed by atoms with Crippen LogP contribution >= 0.6 is 0 Å². The fourth-order valence-electron chi connectivity index (χ4n) is 4.01. The highest BCUT2D eigenvalue weighted by Crippen LogP contribution is 2.20. The number of aliphatic hydroxyl groups excluding tert-OH is 1. The van der Waals surface area contributed by atoms with Crippen LogP contribution in [0.3, 0.4) is 0 Å². The molecule has 4 aromatic rings. The molecular formula is C33H34O4. The van der Waals surface area contributed by atoms with Gasteiger partial charge < -0.3 is 19.3 Å². The molecule has 0 saturated carbocycles. The average molecular weight is 495 g/mol. The van der Waals surface area contributed by atoms with Gasteiger partial charge >= 0.3 is 0 Å². The first-order chi connectivity index (χ1) is 18.3. The molecule has 0 radical (unpaired) electrons. The van der Waals surface area contributed by atoms with Crippen LogP contribution in [0.25, 0.3) is 6.08 Å². The van der Waals surface area contributed by atoms with Crippen LogP contribution in [-0.2, 0) is 34.0 Å². The summed E-state index contributed by atoms with van der Waals surface area (Å²) in [6.45, 7) is 0.954. The first-order valence-corrected chi connectivity index (χ1v) is 12.6. The summed E-state index contributed by atoms with van der Waals surface area (Å²) in [4.78, 5) is 0. The molecule has 37 heavy (non-hydrogen) atoms. The summed E-state index contributed by atoms with van der Waals surface area (Å²) in [6.07, 6.45) is 2.43. The fourth-order valence-corrected chi connectivity index (χ4v) is 4.01. The molecule has 0 amide bonds. The van der Waals surface area contributed by atoms with Gasteiger partial charge in [-0.15, -0.1) is 0 Å². The van der Waals surface area contributed by atoms with Crippen LogP contribution < -0.4 is 0 Å². The van der Waals surface area contributed by atoms with Crippen LogP contribution in [-0.4, -0.2) is 30.0 Å². The van der Waals surface area contributed by atoms with E-state index in [1.54, 1.807) is 0 Å². The summed E-state index contributed by atoms with van der Waals surface area (Å²) < 4.78 is 19.1. The van der Waals surface area contributed by atoms with E-state index in [4.69, 9.17) is 14.2 Å². The van der Waals surface area contributed by atoms with E-state index in [1.807, 2.05) is 133 Å². The molecule has 0 bridgehead atoms. The Balaban J connectivity index is 1.58. The van der Waals surface area contributed by atoms with Crippen molar-refractivity contribution in [1.29, 1.82) is 0 Å². The van der Waals surface area contributed by atoms with Crippen LogP contribution in [0.1, 0.15) is 22.3 Å². The molecule has 0 aliphatic rings. The molecular weight excluding hydrogens is 460 g/mol. The van der Waals surface area contributed by atoms with Gasteiger partial charge in [0.15, 0.2) is 0 Å². The highest BCUT2D eigenvalue weighted by Gasteiger charge is 2.31. The van der Waals surface area contributed by atoms with E-state index in [0.29, 0.717) is 19.8 Å². The second kappa shape index (κ2) is 14.9. The normalized spacial score (nSPS) is 13.9. The molecule has 1 N–H and O–H groups in total. The van der Waals surface area contributed by atoms with Gasteiger partial charge in [0.1, 0.15) is 18.3 Å². The third-order valence-corrected chi connectivity index (χ3v) is 6.03. The molecule has 0 heterocycles. The van der Waals surface area contributed by atoms with E-state index in [1.165, 1.54) is 0 Å². The Hall–Kier alpha value is -3.54. The maximum atomic E-state index is 10.4. The minimum absolute atomic E-state index is 0.198. The number of aliphatic hydroxyl groups is 1. The summed E-state index contributed by atoms with van der Waals surface area (Å²) in [6, 6.07) is 40.1. The second-order valence-corrected chi connectivity index (χ2v) is 8.81. The largest absolute Gasteiger partial charge is 0.394 e. The number of ether oxygens (including phenoxy) is 3. The number of rotatable bonds is 14. The van der Waals surface area contributed by atoms with Gasteiger partial charge in [0.25, 0.3) is 0 Å². The van der Waals surface area contributed by atoms with Crippen molar-refractivity contribution in [3.63, 3.8) is 0 Å². The van der Waals surface area contributed by atoms with Crippen molar-refractivity contribution in [3.05, 3.63) is 150 Å². The molecule has 0 aliphatic heterocycles. The summed E-state index contributed by atoms with van der Waals surface area (Å²) in [7, 11) is 0. The van der Waals surface area contributed by atoms with Crippen LogP contribution in [0.4, 0.5) is 0 Å². The third kappa shape index (κ3) is 8.81. The summed E-state index contributed by atoms with van der Waals surface area (Å²) >= 11 is 0. The van der Waals surface area contributed by atoms with Gasteiger partial charge in [-0.2, -0.15) is 0 Å². The minimum atomic E-state index is -0.592. The van der Waals surface area contributed by atoms with Crippen LogP contribution in [0.5, 0.6) is 0 Å². The lowest BCUT2D eigenvalue weighted by atomic mass is 10.0. The average Bonchev–Trinajstić information content (AvgIpc) is 2.97. The van der Waals surface area contributed by atoms with Gasteiger partial charge in [-0.1, -0.05) is 133 Å². The smallest absolute Gasteiger partial charge is 0.116 e. The quantitative estimate of drug-likeness (QED) is 0.219. The molecule has 190 valence electrons. The molecule has 0 aromatic heterocycles. The first-order valence-electron chi connectivity index (χ1n) is 12.6. The highest BCUT2D eigenvalue weighted by atomic mass is 16.6. The van der Waals surface area contributed by atoms with Crippen LogP contribution in [0, 0.1) is 0 Å².